The smallest absolute Gasteiger partial charge is 0.308 e. The first kappa shape index (κ1) is 12.7. The monoisotopic (exact) mass is 263 g/mol. The van der Waals surface area contributed by atoms with Crippen molar-refractivity contribution >= 4 is 17.7 Å². The van der Waals surface area contributed by atoms with Gasteiger partial charge in [-0.15, -0.1) is 11.8 Å². The second-order valence-electron chi connectivity index (χ2n) is 3.87. The van der Waals surface area contributed by atoms with Gasteiger partial charge >= 0.3 is 5.97 Å². The molecule has 94 valence electrons. The van der Waals surface area contributed by atoms with Crippen LogP contribution in [0.3, 0.4) is 0 Å². The first-order chi connectivity index (χ1) is 8.61. The van der Waals surface area contributed by atoms with Gasteiger partial charge in [0, 0.05) is 16.0 Å². The molecule has 2 aromatic rings. The summed E-state index contributed by atoms with van der Waals surface area (Å²) in [4.78, 5) is 12.0. The van der Waals surface area contributed by atoms with Crippen LogP contribution in [0.25, 0.3) is 11.3 Å². The molecule has 0 unspecified atom stereocenters. The van der Waals surface area contributed by atoms with E-state index in [1.54, 1.807) is 18.7 Å². The molecule has 0 radical (unpaired) electrons. The fourth-order valence-electron chi connectivity index (χ4n) is 1.72. The van der Waals surface area contributed by atoms with Gasteiger partial charge in [0.25, 0.3) is 0 Å². The summed E-state index contributed by atoms with van der Waals surface area (Å²) in [5.41, 5.74) is 2.12. The molecule has 1 aromatic heterocycles. The van der Waals surface area contributed by atoms with Crippen molar-refractivity contribution < 1.29 is 14.4 Å². The predicted octanol–water partition coefficient (Wildman–Crippen LogP) is 3.00. The van der Waals surface area contributed by atoms with Crippen molar-refractivity contribution in [1.29, 1.82) is 0 Å². The minimum absolute atomic E-state index is 0.0745. The number of thioether (sulfide) groups is 1. The van der Waals surface area contributed by atoms with E-state index in [9.17, 15) is 4.79 Å². The number of hydrogen-bond donors (Lipinski definition) is 1. The summed E-state index contributed by atoms with van der Waals surface area (Å²) in [7, 11) is 0. The maximum atomic E-state index is 10.8. The normalized spacial score (nSPS) is 10.6. The average Bonchev–Trinajstić information content (AvgIpc) is 2.71. The van der Waals surface area contributed by atoms with E-state index in [0.29, 0.717) is 17.0 Å². The molecule has 5 heteroatoms. The second-order valence-corrected chi connectivity index (χ2v) is 4.75. The van der Waals surface area contributed by atoms with E-state index >= 15 is 0 Å². The Kier molecular flexibility index (Phi) is 3.72. The number of carboxylic acids is 1. The molecule has 1 aromatic carbocycles. The van der Waals surface area contributed by atoms with Crippen LogP contribution in [0.5, 0.6) is 0 Å². The summed E-state index contributed by atoms with van der Waals surface area (Å²) in [5.74, 6) is -0.342. The van der Waals surface area contributed by atoms with Crippen molar-refractivity contribution in [3.8, 4) is 11.3 Å². The maximum absolute atomic E-state index is 10.8. The molecule has 0 bridgehead atoms. The molecule has 0 saturated carbocycles. The lowest BCUT2D eigenvalue weighted by atomic mass is 10.0. The summed E-state index contributed by atoms with van der Waals surface area (Å²) >= 11 is 1.65. The Balaban J connectivity index is 2.40. The molecular weight excluding hydrogens is 250 g/mol. The molecular formula is C13H13NO3S. The van der Waals surface area contributed by atoms with E-state index in [1.165, 1.54) is 0 Å². The Morgan fingerprint density at radius 1 is 1.39 bits per heavy atom. The molecule has 1 N–H and O–H groups in total. The molecule has 0 saturated heterocycles. The molecule has 0 spiro atoms. The number of benzene rings is 1. The van der Waals surface area contributed by atoms with Crippen LogP contribution in [0.2, 0.25) is 0 Å². The van der Waals surface area contributed by atoms with Gasteiger partial charge in [0.15, 0.2) is 5.76 Å². The van der Waals surface area contributed by atoms with Crippen molar-refractivity contribution in [3.05, 3.63) is 35.5 Å². The molecule has 0 aliphatic heterocycles. The summed E-state index contributed by atoms with van der Waals surface area (Å²) in [6, 6.07) is 7.78. The Morgan fingerprint density at radius 2 is 2.06 bits per heavy atom. The Bertz CT molecular complexity index is 560. The van der Waals surface area contributed by atoms with Crippen LogP contribution >= 0.6 is 11.8 Å². The largest absolute Gasteiger partial charge is 0.481 e. The highest BCUT2D eigenvalue weighted by molar-refractivity contribution is 7.98. The van der Waals surface area contributed by atoms with Gasteiger partial charge < -0.3 is 9.63 Å². The van der Waals surface area contributed by atoms with Crippen LogP contribution in [0.1, 0.15) is 11.3 Å². The molecule has 0 fully saturated rings. The van der Waals surface area contributed by atoms with Gasteiger partial charge in [-0.2, -0.15) is 0 Å². The number of aromatic nitrogens is 1. The SMILES string of the molecule is CSc1ccc(-c2onc(C)c2CC(=O)O)cc1. The number of nitrogens with zero attached hydrogens (tertiary/aromatic N) is 1. The van der Waals surface area contributed by atoms with E-state index in [0.717, 1.165) is 10.5 Å². The minimum atomic E-state index is -0.886. The van der Waals surface area contributed by atoms with Gasteiger partial charge in [-0.05, 0) is 25.3 Å². The number of aryl methyl sites for hydroxylation is 1. The van der Waals surface area contributed by atoms with E-state index in [1.807, 2.05) is 30.5 Å². The molecule has 0 aliphatic carbocycles. The zero-order valence-electron chi connectivity index (χ0n) is 10.1. The molecule has 18 heavy (non-hydrogen) atoms. The maximum Gasteiger partial charge on any atom is 0.308 e. The third kappa shape index (κ3) is 2.56. The van der Waals surface area contributed by atoms with Crippen LogP contribution in [0, 0.1) is 6.92 Å². The van der Waals surface area contributed by atoms with E-state index in [2.05, 4.69) is 5.16 Å². The summed E-state index contributed by atoms with van der Waals surface area (Å²) in [6.07, 6.45) is 1.93. The quantitative estimate of drug-likeness (QED) is 0.859. The van der Waals surface area contributed by atoms with Crippen LogP contribution in [0.4, 0.5) is 0 Å². The predicted molar refractivity (Wildman–Crippen MR) is 69.8 cm³/mol. The van der Waals surface area contributed by atoms with Crippen molar-refractivity contribution in [1.82, 2.24) is 5.16 Å². The highest BCUT2D eigenvalue weighted by atomic mass is 32.2. The summed E-state index contributed by atoms with van der Waals surface area (Å²) in [6.45, 7) is 1.75. The molecule has 4 nitrogen and oxygen atoms in total. The molecule has 0 atom stereocenters. The number of aliphatic carboxylic acids is 1. The fourth-order valence-corrected chi connectivity index (χ4v) is 2.13. The van der Waals surface area contributed by atoms with E-state index < -0.39 is 5.97 Å². The van der Waals surface area contributed by atoms with Crippen molar-refractivity contribution in [2.45, 2.75) is 18.2 Å². The highest BCUT2D eigenvalue weighted by Crippen LogP contribution is 2.28. The Morgan fingerprint density at radius 3 is 2.61 bits per heavy atom. The van der Waals surface area contributed by atoms with E-state index in [4.69, 9.17) is 9.63 Å². The summed E-state index contributed by atoms with van der Waals surface area (Å²) < 4.78 is 5.24. The first-order valence-electron chi connectivity index (χ1n) is 5.43. The number of hydrogen-bond acceptors (Lipinski definition) is 4. The fraction of sp³-hybridized carbons (Fsp3) is 0.231. The number of carbonyl (C=O) groups is 1. The van der Waals surface area contributed by atoms with Crippen LogP contribution < -0.4 is 0 Å². The average molecular weight is 263 g/mol. The van der Waals surface area contributed by atoms with Crippen molar-refractivity contribution in [2.75, 3.05) is 6.26 Å². The third-order valence-electron chi connectivity index (χ3n) is 2.66. The van der Waals surface area contributed by atoms with Gasteiger partial charge in [-0.3, -0.25) is 4.79 Å². The standard InChI is InChI=1S/C13H13NO3S/c1-8-11(7-12(15)16)13(17-14-8)9-3-5-10(18-2)6-4-9/h3-6H,7H2,1-2H3,(H,15,16). The zero-order valence-corrected chi connectivity index (χ0v) is 11.0. The number of rotatable bonds is 4. The molecule has 2 rings (SSSR count). The second kappa shape index (κ2) is 5.27. The van der Waals surface area contributed by atoms with Gasteiger partial charge in [0.2, 0.25) is 0 Å². The van der Waals surface area contributed by atoms with Crippen LogP contribution in [-0.2, 0) is 11.2 Å². The van der Waals surface area contributed by atoms with Gasteiger partial charge in [-0.25, -0.2) is 0 Å². The van der Waals surface area contributed by atoms with E-state index in [-0.39, 0.29) is 6.42 Å². The van der Waals surface area contributed by atoms with Crippen LogP contribution in [0.15, 0.2) is 33.7 Å². The van der Waals surface area contributed by atoms with Crippen LogP contribution in [-0.4, -0.2) is 22.5 Å². The van der Waals surface area contributed by atoms with Crippen molar-refractivity contribution in [2.24, 2.45) is 0 Å². The Labute approximate surface area is 109 Å². The highest BCUT2D eigenvalue weighted by Gasteiger charge is 2.17. The zero-order chi connectivity index (χ0) is 13.1. The van der Waals surface area contributed by atoms with Gasteiger partial charge in [0.1, 0.15) is 0 Å². The van der Waals surface area contributed by atoms with Gasteiger partial charge in [-0.1, -0.05) is 17.3 Å². The van der Waals surface area contributed by atoms with Crippen molar-refractivity contribution in [3.63, 3.8) is 0 Å². The van der Waals surface area contributed by atoms with Gasteiger partial charge in [0.05, 0.1) is 12.1 Å². The Hall–Kier alpha value is -1.75. The molecule has 0 aliphatic rings. The number of carboxylic acid groups (broad SMARTS) is 1. The lowest BCUT2D eigenvalue weighted by molar-refractivity contribution is -0.136. The molecule has 1 heterocycles. The lowest BCUT2D eigenvalue weighted by Gasteiger charge is -2.01. The first-order valence-corrected chi connectivity index (χ1v) is 6.65. The summed E-state index contributed by atoms with van der Waals surface area (Å²) in [5, 5.41) is 12.7. The topological polar surface area (TPSA) is 63.3 Å². The lowest BCUT2D eigenvalue weighted by Crippen LogP contribution is -2.01. The third-order valence-corrected chi connectivity index (χ3v) is 3.41. The minimum Gasteiger partial charge on any atom is -0.481 e. The molecule has 0 amide bonds.